The number of hydrogen-bond donors (Lipinski definition) is 0. The average molecular weight is 193 g/mol. The molecule has 14 heavy (non-hydrogen) atoms. The normalized spacial score (nSPS) is 17.5. The van der Waals surface area contributed by atoms with Gasteiger partial charge in [0.2, 0.25) is 0 Å². The highest BCUT2D eigenvalue weighted by molar-refractivity contribution is 5.79. The molecule has 4 heteroatoms. The number of amides is 1. The van der Waals surface area contributed by atoms with Crippen molar-refractivity contribution in [2.75, 3.05) is 39.3 Å². The molecule has 1 aliphatic rings. The molecule has 0 unspecified atom stereocenters. The van der Waals surface area contributed by atoms with Gasteiger partial charge in [-0.3, -0.25) is 9.69 Å². The molecule has 0 aromatic carbocycles. The molecule has 1 saturated heterocycles. The first-order chi connectivity index (χ1) is 6.77. The van der Waals surface area contributed by atoms with E-state index in [1.165, 1.54) is 0 Å². The van der Waals surface area contributed by atoms with Crippen molar-refractivity contribution < 1.29 is 4.79 Å². The largest absolute Gasteiger partial charge is 0.334 e. The quantitative estimate of drug-likeness (QED) is 0.474. The fraction of sp³-hybridized carbons (Fsp3) is 0.600. The monoisotopic (exact) mass is 193 g/mol. The summed E-state index contributed by atoms with van der Waals surface area (Å²) in [6.45, 7) is 14.4. The van der Waals surface area contributed by atoms with E-state index in [1.807, 2.05) is 6.08 Å². The third-order valence-corrected chi connectivity index (χ3v) is 2.33. The summed E-state index contributed by atoms with van der Waals surface area (Å²) in [5.74, 6) is -0.0433. The average Bonchev–Trinajstić information content (AvgIpc) is 2.20. The van der Waals surface area contributed by atoms with Crippen molar-refractivity contribution in [1.82, 2.24) is 9.80 Å². The van der Waals surface area contributed by atoms with E-state index in [0.717, 1.165) is 32.7 Å². The van der Waals surface area contributed by atoms with Crippen LogP contribution in [-0.2, 0) is 4.79 Å². The van der Waals surface area contributed by atoms with E-state index in [1.54, 1.807) is 4.90 Å². The third kappa shape index (κ3) is 2.86. The van der Waals surface area contributed by atoms with Crippen molar-refractivity contribution in [1.29, 1.82) is 0 Å². The van der Waals surface area contributed by atoms with Gasteiger partial charge in [-0.2, -0.15) is 0 Å². The van der Waals surface area contributed by atoms with Crippen molar-refractivity contribution >= 4 is 5.91 Å². The predicted molar refractivity (Wildman–Crippen MR) is 54.7 cm³/mol. The zero-order valence-electron chi connectivity index (χ0n) is 8.28. The number of carbonyl (C=O) groups is 1. The zero-order chi connectivity index (χ0) is 10.4. The van der Waals surface area contributed by atoms with Crippen LogP contribution in [0.2, 0.25) is 0 Å². The first kappa shape index (κ1) is 10.7. The molecule has 0 N–H and O–H groups in total. The van der Waals surface area contributed by atoms with Crippen LogP contribution in [0, 0.1) is 6.57 Å². The van der Waals surface area contributed by atoms with E-state index in [9.17, 15) is 4.79 Å². The molecule has 1 rings (SSSR count). The molecular weight excluding hydrogens is 178 g/mol. The lowest BCUT2D eigenvalue weighted by Crippen LogP contribution is -2.49. The summed E-state index contributed by atoms with van der Waals surface area (Å²) >= 11 is 0. The molecule has 0 radical (unpaired) electrons. The van der Waals surface area contributed by atoms with Gasteiger partial charge in [0.05, 0.1) is 0 Å². The molecule has 76 valence electrons. The van der Waals surface area contributed by atoms with Crippen LogP contribution in [0.15, 0.2) is 12.7 Å². The summed E-state index contributed by atoms with van der Waals surface area (Å²) in [7, 11) is 0. The fourth-order valence-electron chi connectivity index (χ4n) is 1.53. The first-order valence-electron chi connectivity index (χ1n) is 4.72. The Balaban J connectivity index is 2.32. The highest BCUT2D eigenvalue weighted by atomic mass is 16.2. The van der Waals surface area contributed by atoms with E-state index < -0.39 is 0 Å². The van der Waals surface area contributed by atoms with E-state index in [-0.39, 0.29) is 12.5 Å². The van der Waals surface area contributed by atoms with Crippen LogP contribution in [-0.4, -0.2) is 55.0 Å². The van der Waals surface area contributed by atoms with Crippen molar-refractivity contribution in [2.24, 2.45) is 0 Å². The second kappa shape index (κ2) is 5.40. The van der Waals surface area contributed by atoms with Gasteiger partial charge in [0.15, 0.2) is 0 Å². The Kier molecular flexibility index (Phi) is 4.14. The lowest BCUT2D eigenvalue weighted by molar-refractivity contribution is -0.130. The molecule has 1 heterocycles. The lowest BCUT2D eigenvalue weighted by atomic mass is 10.3. The van der Waals surface area contributed by atoms with Gasteiger partial charge in [-0.1, -0.05) is 6.08 Å². The first-order valence-corrected chi connectivity index (χ1v) is 4.72. The van der Waals surface area contributed by atoms with Crippen molar-refractivity contribution in [2.45, 2.75) is 0 Å². The molecule has 0 bridgehead atoms. The van der Waals surface area contributed by atoms with Crippen LogP contribution in [0.1, 0.15) is 0 Å². The Labute approximate surface area is 84.6 Å². The second-order valence-corrected chi connectivity index (χ2v) is 3.29. The number of rotatable bonds is 3. The van der Waals surface area contributed by atoms with E-state index in [4.69, 9.17) is 6.57 Å². The van der Waals surface area contributed by atoms with E-state index in [0.29, 0.717) is 0 Å². The Bertz CT molecular complexity index is 249. The molecule has 0 aliphatic carbocycles. The van der Waals surface area contributed by atoms with Gasteiger partial charge in [-0.05, 0) is 0 Å². The van der Waals surface area contributed by atoms with Gasteiger partial charge in [-0.15, -0.1) is 6.58 Å². The Hall–Kier alpha value is -1.34. The van der Waals surface area contributed by atoms with Crippen LogP contribution in [0.4, 0.5) is 0 Å². The van der Waals surface area contributed by atoms with Gasteiger partial charge >= 0.3 is 5.91 Å². The number of nitrogens with zero attached hydrogens (tertiary/aromatic N) is 3. The second-order valence-electron chi connectivity index (χ2n) is 3.29. The summed E-state index contributed by atoms with van der Waals surface area (Å²) in [6.07, 6.45) is 1.87. The van der Waals surface area contributed by atoms with Crippen LogP contribution in [0.25, 0.3) is 4.85 Å². The van der Waals surface area contributed by atoms with Gasteiger partial charge in [0.25, 0.3) is 6.54 Å². The third-order valence-electron chi connectivity index (χ3n) is 2.33. The molecule has 0 saturated carbocycles. The van der Waals surface area contributed by atoms with Gasteiger partial charge in [0.1, 0.15) is 0 Å². The standard InChI is InChI=1S/C10H15N3O/c1-3-4-12-5-7-13(8-6-12)10(14)9-11-2/h3H,1,4-9H2. The van der Waals surface area contributed by atoms with Crippen molar-refractivity contribution in [3.05, 3.63) is 24.1 Å². The zero-order valence-corrected chi connectivity index (χ0v) is 8.28. The summed E-state index contributed by atoms with van der Waals surface area (Å²) in [5.41, 5.74) is 0. The molecule has 4 nitrogen and oxygen atoms in total. The van der Waals surface area contributed by atoms with Crippen LogP contribution in [0.3, 0.4) is 0 Å². The van der Waals surface area contributed by atoms with Gasteiger partial charge < -0.3 is 9.74 Å². The predicted octanol–water partition coefficient (Wildman–Crippen LogP) is 0.236. The minimum Gasteiger partial charge on any atom is -0.334 e. The topological polar surface area (TPSA) is 27.9 Å². The summed E-state index contributed by atoms with van der Waals surface area (Å²) in [6, 6.07) is 0. The molecule has 0 spiro atoms. The van der Waals surface area contributed by atoms with Crippen molar-refractivity contribution in [3.63, 3.8) is 0 Å². The van der Waals surface area contributed by atoms with Crippen LogP contribution >= 0.6 is 0 Å². The minimum atomic E-state index is -0.0433. The highest BCUT2D eigenvalue weighted by Crippen LogP contribution is 2.01. The molecule has 0 aromatic rings. The lowest BCUT2D eigenvalue weighted by Gasteiger charge is -2.33. The SMILES string of the molecule is [C-]#[N+]CC(=O)N1CCN(CC=C)CC1. The Morgan fingerprint density at radius 2 is 2.07 bits per heavy atom. The maximum atomic E-state index is 11.3. The molecule has 0 aromatic heterocycles. The number of piperazine rings is 1. The Morgan fingerprint density at radius 1 is 1.43 bits per heavy atom. The number of carbonyl (C=O) groups excluding carboxylic acids is 1. The smallest absolute Gasteiger partial charge is 0.302 e. The molecule has 1 aliphatic heterocycles. The molecule has 1 fully saturated rings. The highest BCUT2D eigenvalue weighted by Gasteiger charge is 2.21. The van der Waals surface area contributed by atoms with Crippen molar-refractivity contribution in [3.8, 4) is 0 Å². The summed E-state index contributed by atoms with van der Waals surface area (Å²) < 4.78 is 0. The van der Waals surface area contributed by atoms with Gasteiger partial charge in [0, 0.05) is 32.7 Å². The van der Waals surface area contributed by atoms with E-state index >= 15 is 0 Å². The molecule has 0 atom stereocenters. The fourth-order valence-corrected chi connectivity index (χ4v) is 1.53. The molecular formula is C10H15N3O. The minimum absolute atomic E-state index is 0.0124. The summed E-state index contributed by atoms with van der Waals surface area (Å²) in [5, 5.41) is 0. The van der Waals surface area contributed by atoms with E-state index in [2.05, 4.69) is 16.3 Å². The maximum Gasteiger partial charge on any atom is 0.302 e. The summed E-state index contributed by atoms with van der Waals surface area (Å²) in [4.78, 5) is 18.4. The maximum absolute atomic E-state index is 11.3. The number of hydrogen-bond acceptors (Lipinski definition) is 2. The molecule has 1 amide bonds. The van der Waals surface area contributed by atoms with Gasteiger partial charge in [-0.25, -0.2) is 6.57 Å². The van der Waals surface area contributed by atoms with Crippen LogP contribution in [0.5, 0.6) is 0 Å². The van der Waals surface area contributed by atoms with Crippen LogP contribution < -0.4 is 0 Å². The Morgan fingerprint density at radius 3 is 2.57 bits per heavy atom.